The Morgan fingerprint density at radius 2 is 1.76 bits per heavy atom. The number of nitrogens with two attached hydrogens (primary N) is 1. The van der Waals surface area contributed by atoms with Crippen LogP contribution in [0.15, 0.2) is 37.3 Å². The number of imidazole rings is 1. The SMILES string of the molecule is C1CCCCC1.C=C(c1ccc2nccn2n1)c1cnc(N)nc1C. The van der Waals surface area contributed by atoms with Crippen molar-refractivity contribution in [3.05, 3.63) is 54.3 Å². The molecule has 3 aromatic heterocycles. The molecule has 4 rings (SSSR count). The van der Waals surface area contributed by atoms with Crippen molar-refractivity contribution in [3.63, 3.8) is 0 Å². The maximum absolute atomic E-state index is 5.55. The highest BCUT2D eigenvalue weighted by Gasteiger charge is 2.10. The van der Waals surface area contributed by atoms with Gasteiger partial charge >= 0.3 is 0 Å². The highest BCUT2D eigenvalue weighted by molar-refractivity contribution is 5.77. The summed E-state index contributed by atoms with van der Waals surface area (Å²) in [5.41, 5.74) is 9.47. The number of aryl methyl sites for hydroxylation is 1. The molecule has 2 N–H and O–H groups in total. The van der Waals surface area contributed by atoms with Gasteiger partial charge < -0.3 is 5.73 Å². The molecule has 130 valence electrons. The predicted octanol–water partition coefficient (Wildman–Crippen LogP) is 3.81. The van der Waals surface area contributed by atoms with Crippen molar-refractivity contribution in [1.29, 1.82) is 0 Å². The summed E-state index contributed by atoms with van der Waals surface area (Å²) in [7, 11) is 0. The molecule has 3 aromatic rings. The molecule has 0 atom stereocenters. The monoisotopic (exact) mass is 336 g/mol. The molecule has 1 aliphatic rings. The fourth-order valence-electron chi connectivity index (χ4n) is 2.96. The summed E-state index contributed by atoms with van der Waals surface area (Å²) in [6.07, 6.45) is 14.2. The minimum atomic E-state index is 0.257. The van der Waals surface area contributed by atoms with Gasteiger partial charge in [0.15, 0.2) is 5.65 Å². The first-order chi connectivity index (χ1) is 12.1. The largest absolute Gasteiger partial charge is 0.368 e. The number of rotatable bonds is 2. The van der Waals surface area contributed by atoms with Gasteiger partial charge in [-0.1, -0.05) is 45.1 Å². The molecule has 0 radical (unpaired) electrons. The molecule has 0 aromatic carbocycles. The van der Waals surface area contributed by atoms with Crippen LogP contribution in [0, 0.1) is 6.92 Å². The first-order valence-corrected chi connectivity index (χ1v) is 8.74. The van der Waals surface area contributed by atoms with E-state index in [1.54, 1.807) is 23.1 Å². The Bertz CT molecular complexity index is 852. The summed E-state index contributed by atoms with van der Waals surface area (Å²) in [6, 6.07) is 3.77. The second kappa shape index (κ2) is 7.88. The molecular formula is C19H24N6. The van der Waals surface area contributed by atoms with Gasteiger partial charge in [0.05, 0.1) is 11.4 Å². The van der Waals surface area contributed by atoms with Crippen LogP contribution < -0.4 is 5.73 Å². The zero-order valence-corrected chi connectivity index (χ0v) is 14.6. The van der Waals surface area contributed by atoms with E-state index in [4.69, 9.17) is 5.73 Å². The van der Waals surface area contributed by atoms with Crippen LogP contribution in [0.1, 0.15) is 55.5 Å². The summed E-state index contributed by atoms with van der Waals surface area (Å²) in [6.45, 7) is 5.93. The molecule has 3 heterocycles. The Labute approximate surface area is 147 Å². The quantitative estimate of drug-likeness (QED) is 0.769. The lowest BCUT2D eigenvalue weighted by Gasteiger charge is -2.08. The molecule has 0 bridgehead atoms. The van der Waals surface area contributed by atoms with Crippen molar-refractivity contribution < 1.29 is 0 Å². The number of aromatic nitrogens is 5. The maximum Gasteiger partial charge on any atom is 0.220 e. The number of hydrogen-bond acceptors (Lipinski definition) is 5. The second-order valence-electron chi connectivity index (χ2n) is 6.28. The van der Waals surface area contributed by atoms with Crippen LogP contribution >= 0.6 is 0 Å². The number of hydrogen-bond donors (Lipinski definition) is 1. The molecule has 0 saturated heterocycles. The van der Waals surface area contributed by atoms with Gasteiger partial charge in [0, 0.05) is 29.7 Å². The van der Waals surface area contributed by atoms with Gasteiger partial charge in [-0.3, -0.25) is 0 Å². The predicted molar refractivity (Wildman–Crippen MR) is 100 cm³/mol. The van der Waals surface area contributed by atoms with Crippen LogP contribution in [0.4, 0.5) is 5.95 Å². The van der Waals surface area contributed by atoms with Crippen molar-refractivity contribution >= 4 is 17.2 Å². The van der Waals surface area contributed by atoms with E-state index in [2.05, 4.69) is 26.6 Å². The van der Waals surface area contributed by atoms with Crippen LogP contribution in [0.2, 0.25) is 0 Å². The minimum absolute atomic E-state index is 0.257. The minimum Gasteiger partial charge on any atom is -0.368 e. The third kappa shape index (κ3) is 4.21. The van der Waals surface area contributed by atoms with Crippen LogP contribution in [0.25, 0.3) is 11.2 Å². The van der Waals surface area contributed by atoms with Crippen LogP contribution in [0.5, 0.6) is 0 Å². The molecule has 1 aliphatic carbocycles. The van der Waals surface area contributed by atoms with Crippen molar-refractivity contribution in [3.8, 4) is 0 Å². The van der Waals surface area contributed by atoms with Crippen molar-refractivity contribution in [2.75, 3.05) is 5.73 Å². The maximum atomic E-state index is 5.55. The van der Waals surface area contributed by atoms with E-state index >= 15 is 0 Å². The van der Waals surface area contributed by atoms with Crippen molar-refractivity contribution in [2.45, 2.75) is 45.4 Å². The summed E-state index contributed by atoms with van der Waals surface area (Å²) in [4.78, 5) is 12.3. The average molecular weight is 336 g/mol. The number of nitrogens with zero attached hydrogens (tertiary/aromatic N) is 5. The van der Waals surface area contributed by atoms with E-state index in [-0.39, 0.29) is 5.95 Å². The Balaban J connectivity index is 0.000000258. The Morgan fingerprint density at radius 3 is 2.40 bits per heavy atom. The molecule has 0 amide bonds. The normalized spacial score (nSPS) is 14.0. The van der Waals surface area contributed by atoms with Gasteiger partial charge in [-0.2, -0.15) is 5.10 Å². The standard InChI is InChI=1S/C13H12N6.C6H12/c1-8(10-7-16-13(14)17-9(10)2)11-3-4-12-15-5-6-19(12)18-11;1-2-4-6-5-3-1/h3-7H,1H2,2H3,(H2,14,16,17);1-6H2. The van der Waals surface area contributed by atoms with Gasteiger partial charge in [0.2, 0.25) is 5.95 Å². The van der Waals surface area contributed by atoms with Crippen LogP contribution in [0.3, 0.4) is 0 Å². The van der Waals surface area contributed by atoms with Gasteiger partial charge in [0.25, 0.3) is 0 Å². The topological polar surface area (TPSA) is 82.0 Å². The lowest BCUT2D eigenvalue weighted by molar-refractivity contribution is 0.504. The number of anilines is 1. The van der Waals surface area contributed by atoms with Crippen molar-refractivity contribution in [2.24, 2.45) is 0 Å². The zero-order chi connectivity index (χ0) is 17.6. The van der Waals surface area contributed by atoms with Crippen LogP contribution in [-0.2, 0) is 0 Å². The highest BCUT2D eigenvalue weighted by Crippen LogP contribution is 2.21. The van der Waals surface area contributed by atoms with Gasteiger partial charge in [0.1, 0.15) is 0 Å². The lowest BCUT2D eigenvalue weighted by Crippen LogP contribution is -2.02. The van der Waals surface area contributed by atoms with E-state index in [1.165, 1.54) is 38.5 Å². The summed E-state index contributed by atoms with van der Waals surface area (Å²) in [5, 5.41) is 4.44. The van der Waals surface area contributed by atoms with E-state index in [0.717, 1.165) is 28.2 Å². The summed E-state index contributed by atoms with van der Waals surface area (Å²) in [5.74, 6) is 0.257. The number of nitrogen functional groups attached to an aromatic ring is 1. The van der Waals surface area contributed by atoms with E-state index in [9.17, 15) is 0 Å². The van der Waals surface area contributed by atoms with Crippen LogP contribution in [-0.4, -0.2) is 24.6 Å². The second-order valence-corrected chi connectivity index (χ2v) is 6.28. The smallest absolute Gasteiger partial charge is 0.220 e. The highest BCUT2D eigenvalue weighted by atomic mass is 15.2. The first-order valence-electron chi connectivity index (χ1n) is 8.74. The van der Waals surface area contributed by atoms with Gasteiger partial charge in [-0.15, -0.1) is 0 Å². The summed E-state index contributed by atoms with van der Waals surface area (Å²) < 4.78 is 1.70. The van der Waals surface area contributed by atoms with Gasteiger partial charge in [-0.25, -0.2) is 19.5 Å². The van der Waals surface area contributed by atoms with Crippen molar-refractivity contribution in [1.82, 2.24) is 24.6 Å². The molecule has 0 aliphatic heterocycles. The molecule has 6 nitrogen and oxygen atoms in total. The van der Waals surface area contributed by atoms with E-state index in [1.807, 2.05) is 19.1 Å². The lowest BCUT2D eigenvalue weighted by atomic mass is 10.0. The Hall–Kier alpha value is -2.76. The number of fused-ring (bicyclic) bond motifs is 1. The average Bonchev–Trinajstić information content (AvgIpc) is 3.11. The third-order valence-corrected chi connectivity index (χ3v) is 4.39. The molecule has 0 spiro atoms. The molecule has 1 saturated carbocycles. The zero-order valence-electron chi connectivity index (χ0n) is 14.6. The molecule has 6 heteroatoms. The van der Waals surface area contributed by atoms with E-state index in [0.29, 0.717) is 0 Å². The summed E-state index contributed by atoms with van der Waals surface area (Å²) >= 11 is 0. The molecule has 25 heavy (non-hydrogen) atoms. The Morgan fingerprint density at radius 1 is 1.08 bits per heavy atom. The van der Waals surface area contributed by atoms with E-state index < -0.39 is 0 Å². The van der Waals surface area contributed by atoms with Gasteiger partial charge in [-0.05, 0) is 19.1 Å². The fourth-order valence-corrected chi connectivity index (χ4v) is 2.96. The molecule has 1 fully saturated rings. The fraction of sp³-hybridized carbons (Fsp3) is 0.368. The Kier molecular flexibility index (Phi) is 5.38. The molecular weight excluding hydrogens is 312 g/mol. The molecule has 0 unspecified atom stereocenters. The third-order valence-electron chi connectivity index (χ3n) is 4.39. The first kappa shape index (κ1) is 17.1.